The third kappa shape index (κ3) is 3.53. The fourth-order valence-electron chi connectivity index (χ4n) is 3.41. The van der Waals surface area contributed by atoms with Crippen LogP contribution in [0.25, 0.3) is 11.3 Å². The number of hydrogen-bond donors (Lipinski definition) is 1. The van der Waals surface area contributed by atoms with Crippen LogP contribution >= 0.6 is 0 Å². The molecule has 1 aliphatic rings. The van der Waals surface area contributed by atoms with Crippen LogP contribution in [0.3, 0.4) is 0 Å². The van der Waals surface area contributed by atoms with Gasteiger partial charge in [-0.1, -0.05) is 35.5 Å². The van der Waals surface area contributed by atoms with Gasteiger partial charge in [0.15, 0.2) is 5.82 Å². The Hall–Kier alpha value is -3.22. The second kappa shape index (κ2) is 7.19. The van der Waals surface area contributed by atoms with Gasteiger partial charge in [-0.15, -0.1) is 0 Å². The first-order valence-corrected chi connectivity index (χ1v) is 9.00. The van der Waals surface area contributed by atoms with Crippen LogP contribution in [0.1, 0.15) is 40.8 Å². The van der Waals surface area contributed by atoms with Crippen LogP contribution in [0.15, 0.2) is 51.8 Å². The van der Waals surface area contributed by atoms with E-state index in [4.69, 9.17) is 4.52 Å². The summed E-state index contributed by atoms with van der Waals surface area (Å²) in [6.07, 6.45) is 1.49. The number of nitrogens with zero attached hydrogens (tertiary/aromatic N) is 3. The van der Waals surface area contributed by atoms with Gasteiger partial charge in [0, 0.05) is 24.7 Å². The van der Waals surface area contributed by atoms with Gasteiger partial charge in [-0.3, -0.25) is 9.59 Å². The topological polar surface area (TPSA) is 92.1 Å². The number of H-pyrrole nitrogens is 1. The lowest BCUT2D eigenvalue weighted by Gasteiger charge is -2.30. The Morgan fingerprint density at radius 2 is 1.89 bits per heavy atom. The Bertz CT molecular complexity index is 1000. The zero-order chi connectivity index (χ0) is 18.8. The molecule has 27 heavy (non-hydrogen) atoms. The van der Waals surface area contributed by atoms with Gasteiger partial charge in [-0.05, 0) is 37.5 Å². The van der Waals surface area contributed by atoms with Gasteiger partial charge >= 0.3 is 0 Å². The van der Waals surface area contributed by atoms with Crippen LogP contribution < -0.4 is 5.56 Å². The fourth-order valence-corrected chi connectivity index (χ4v) is 3.41. The molecule has 4 rings (SSSR count). The second-order valence-electron chi connectivity index (χ2n) is 6.73. The summed E-state index contributed by atoms with van der Waals surface area (Å²) >= 11 is 0. The van der Waals surface area contributed by atoms with Gasteiger partial charge in [0.05, 0.1) is 0 Å². The Labute approximate surface area is 156 Å². The first kappa shape index (κ1) is 17.2. The lowest BCUT2D eigenvalue weighted by molar-refractivity contribution is 0.0702. The minimum Gasteiger partial charge on any atom is -0.339 e. The SMILES string of the molecule is Cc1noc(C2CCN(C(=O)c3ccc(-c4ccccc4)[nH]c3=O)CC2)n1. The average molecular weight is 364 g/mol. The molecular weight excluding hydrogens is 344 g/mol. The number of amides is 1. The number of piperidine rings is 1. The summed E-state index contributed by atoms with van der Waals surface area (Å²) in [6, 6.07) is 12.9. The lowest BCUT2D eigenvalue weighted by atomic mass is 9.96. The number of rotatable bonds is 3. The van der Waals surface area contributed by atoms with Crippen molar-refractivity contribution in [3.63, 3.8) is 0 Å². The zero-order valence-corrected chi connectivity index (χ0v) is 15.0. The maximum Gasteiger partial charge on any atom is 0.261 e. The summed E-state index contributed by atoms with van der Waals surface area (Å²) in [4.78, 5) is 34.0. The van der Waals surface area contributed by atoms with Crippen LogP contribution in [0, 0.1) is 6.92 Å². The number of hydrogen-bond acceptors (Lipinski definition) is 5. The highest BCUT2D eigenvalue weighted by atomic mass is 16.5. The normalized spacial score (nSPS) is 15.1. The van der Waals surface area contributed by atoms with Crippen LogP contribution in [0.4, 0.5) is 0 Å². The van der Waals surface area contributed by atoms with Crippen LogP contribution in [0.2, 0.25) is 0 Å². The summed E-state index contributed by atoms with van der Waals surface area (Å²) in [7, 11) is 0. The van der Waals surface area contributed by atoms with E-state index in [0.717, 1.165) is 18.4 Å². The van der Waals surface area contributed by atoms with Crippen molar-refractivity contribution < 1.29 is 9.32 Å². The van der Waals surface area contributed by atoms with Crippen molar-refractivity contribution in [2.24, 2.45) is 0 Å². The largest absolute Gasteiger partial charge is 0.339 e. The highest BCUT2D eigenvalue weighted by molar-refractivity contribution is 5.94. The molecule has 0 unspecified atom stereocenters. The quantitative estimate of drug-likeness (QED) is 0.771. The number of pyridine rings is 1. The molecule has 0 radical (unpaired) electrons. The van der Waals surface area contributed by atoms with Crippen molar-refractivity contribution in [2.75, 3.05) is 13.1 Å². The smallest absolute Gasteiger partial charge is 0.261 e. The molecule has 0 saturated carbocycles. The standard InChI is InChI=1S/C20H20N4O3/c1-13-21-19(27-23-13)15-9-11-24(12-10-15)20(26)16-7-8-17(22-18(16)25)14-5-3-2-4-6-14/h2-8,15H,9-12H2,1H3,(H,22,25). The molecule has 3 heterocycles. The maximum atomic E-state index is 12.8. The predicted octanol–water partition coefficient (Wildman–Crippen LogP) is 2.75. The number of benzene rings is 1. The Morgan fingerprint density at radius 1 is 1.15 bits per heavy atom. The van der Waals surface area contributed by atoms with Gasteiger partial charge in [0.1, 0.15) is 5.56 Å². The molecule has 1 N–H and O–H groups in total. The average Bonchev–Trinajstić information content (AvgIpc) is 3.14. The number of aryl methyl sites for hydroxylation is 1. The van der Waals surface area contributed by atoms with E-state index in [9.17, 15) is 9.59 Å². The second-order valence-corrected chi connectivity index (χ2v) is 6.73. The van der Waals surface area contributed by atoms with Crippen molar-refractivity contribution in [1.82, 2.24) is 20.0 Å². The van der Waals surface area contributed by atoms with Crippen molar-refractivity contribution >= 4 is 5.91 Å². The highest BCUT2D eigenvalue weighted by Crippen LogP contribution is 2.27. The van der Waals surface area contributed by atoms with E-state index in [2.05, 4.69) is 15.1 Å². The van der Waals surface area contributed by atoms with E-state index in [-0.39, 0.29) is 22.9 Å². The van der Waals surface area contributed by atoms with Crippen molar-refractivity contribution in [3.05, 3.63) is 70.1 Å². The minimum absolute atomic E-state index is 0.161. The van der Waals surface area contributed by atoms with Gasteiger partial charge < -0.3 is 14.4 Å². The van der Waals surface area contributed by atoms with Gasteiger partial charge in [0.2, 0.25) is 5.89 Å². The Kier molecular flexibility index (Phi) is 4.58. The van der Waals surface area contributed by atoms with Crippen LogP contribution in [-0.4, -0.2) is 39.0 Å². The lowest BCUT2D eigenvalue weighted by Crippen LogP contribution is -2.40. The number of carbonyl (C=O) groups excluding carboxylic acids is 1. The molecule has 1 fully saturated rings. The highest BCUT2D eigenvalue weighted by Gasteiger charge is 2.28. The molecule has 0 atom stereocenters. The van der Waals surface area contributed by atoms with E-state index in [1.165, 1.54) is 0 Å². The molecule has 1 aliphatic heterocycles. The van der Waals surface area contributed by atoms with Crippen LogP contribution in [0.5, 0.6) is 0 Å². The summed E-state index contributed by atoms with van der Waals surface area (Å²) in [5, 5.41) is 3.83. The molecule has 138 valence electrons. The first-order valence-electron chi connectivity index (χ1n) is 9.00. The zero-order valence-electron chi connectivity index (χ0n) is 15.0. The molecular formula is C20H20N4O3. The van der Waals surface area contributed by atoms with Crippen molar-refractivity contribution in [1.29, 1.82) is 0 Å². The Morgan fingerprint density at radius 3 is 2.52 bits per heavy atom. The molecule has 2 aromatic heterocycles. The summed E-state index contributed by atoms with van der Waals surface area (Å²) in [6.45, 7) is 2.91. The van der Waals surface area contributed by atoms with Crippen molar-refractivity contribution in [2.45, 2.75) is 25.7 Å². The van der Waals surface area contributed by atoms with Crippen molar-refractivity contribution in [3.8, 4) is 11.3 Å². The number of aromatic amines is 1. The number of aromatic nitrogens is 3. The third-order valence-corrected chi connectivity index (χ3v) is 4.90. The Balaban J connectivity index is 1.46. The van der Waals surface area contributed by atoms with Crippen LogP contribution in [-0.2, 0) is 0 Å². The van der Waals surface area contributed by atoms with E-state index < -0.39 is 0 Å². The number of likely N-dealkylation sites (tertiary alicyclic amines) is 1. The maximum absolute atomic E-state index is 12.8. The molecule has 3 aromatic rings. The number of carbonyl (C=O) groups is 1. The molecule has 1 saturated heterocycles. The van der Waals surface area contributed by atoms with Gasteiger partial charge in [-0.25, -0.2) is 0 Å². The summed E-state index contributed by atoms with van der Waals surface area (Å²) in [5.74, 6) is 1.17. The number of nitrogens with one attached hydrogen (secondary N) is 1. The van der Waals surface area contributed by atoms with Gasteiger partial charge in [0.25, 0.3) is 11.5 Å². The van der Waals surface area contributed by atoms with E-state index in [1.54, 1.807) is 24.0 Å². The molecule has 1 aromatic carbocycles. The van der Waals surface area contributed by atoms with E-state index >= 15 is 0 Å². The molecule has 7 nitrogen and oxygen atoms in total. The fraction of sp³-hybridized carbons (Fsp3) is 0.300. The monoisotopic (exact) mass is 364 g/mol. The van der Waals surface area contributed by atoms with Gasteiger partial charge in [-0.2, -0.15) is 4.98 Å². The molecule has 0 spiro atoms. The predicted molar refractivity (Wildman–Crippen MR) is 99.4 cm³/mol. The van der Waals surface area contributed by atoms with E-state index in [1.807, 2.05) is 30.3 Å². The summed E-state index contributed by atoms with van der Waals surface area (Å²) < 4.78 is 5.24. The third-order valence-electron chi connectivity index (χ3n) is 4.90. The van der Waals surface area contributed by atoms with E-state index in [0.29, 0.717) is 30.5 Å². The first-order chi connectivity index (χ1) is 13.1. The molecule has 0 aliphatic carbocycles. The minimum atomic E-state index is -0.365. The molecule has 0 bridgehead atoms. The summed E-state index contributed by atoms with van der Waals surface area (Å²) in [5.41, 5.74) is 1.41. The molecule has 7 heteroatoms. The molecule has 1 amide bonds.